The molecule has 0 radical (unpaired) electrons. The van der Waals surface area contributed by atoms with Crippen LogP contribution in [0.3, 0.4) is 0 Å². The Kier molecular flexibility index (Phi) is 10.2. The minimum Gasteiger partial charge on any atom is -0.493 e. The standard InChI is InChI=1S/C30H26N8O10S2/c1-5-37-27(39)21(13-31)15(3)25(29(37)41)35-33-17-7-9-19(23(11-17)49(43,44)45)20-10-8-18(12-24(20)50(46,47)48)34-36-26-16(4)22(14-32)28(40)38(6-2)30(26)42/h7-12,39-40H,5-6H2,1-4H3,(H,43,44,45)(H,46,47,48). The quantitative estimate of drug-likeness (QED) is 0.134. The number of aromatic hydroxyl groups is 2. The maximum absolute atomic E-state index is 12.9. The van der Waals surface area contributed by atoms with E-state index >= 15 is 0 Å². The lowest BCUT2D eigenvalue weighted by molar-refractivity contribution is 0.408. The zero-order valence-corrected chi connectivity index (χ0v) is 28.1. The molecule has 4 rings (SSSR count). The second-order valence-corrected chi connectivity index (χ2v) is 13.2. The van der Waals surface area contributed by atoms with Crippen molar-refractivity contribution in [3.63, 3.8) is 0 Å². The van der Waals surface area contributed by atoms with Crippen LogP contribution in [0.5, 0.6) is 11.8 Å². The van der Waals surface area contributed by atoms with Gasteiger partial charge in [0.05, 0.1) is 11.4 Å². The van der Waals surface area contributed by atoms with Gasteiger partial charge in [0.2, 0.25) is 11.8 Å². The summed E-state index contributed by atoms with van der Waals surface area (Å²) in [7, 11) is -10.2. The molecule has 0 saturated carbocycles. The van der Waals surface area contributed by atoms with Gasteiger partial charge in [0.15, 0.2) is 11.4 Å². The lowest BCUT2D eigenvalue weighted by Gasteiger charge is -2.13. The zero-order valence-electron chi connectivity index (χ0n) is 26.5. The van der Waals surface area contributed by atoms with Crippen molar-refractivity contribution in [2.75, 3.05) is 0 Å². The Morgan fingerprint density at radius 3 is 1.28 bits per heavy atom. The topological polar surface area (TPSA) is 290 Å². The van der Waals surface area contributed by atoms with E-state index in [2.05, 4.69) is 20.5 Å². The van der Waals surface area contributed by atoms with Gasteiger partial charge >= 0.3 is 0 Å². The summed E-state index contributed by atoms with van der Waals surface area (Å²) < 4.78 is 71.9. The van der Waals surface area contributed by atoms with E-state index in [0.717, 1.165) is 45.5 Å². The van der Waals surface area contributed by atoms with Gasteiger partial charge in [-0.25, -0.2) is 0 Å². The van der Waals surface area contributed by atoms with Crippen molar-refractivity contribution in [1.29, 1.82) is 10.5 Å². The highest BCUT2D eigenvalue weighted by Gasteiger charge is 2.25. The predicted molar refractivity (Wildman–Crippen MR) is 175 cm³/mol. The minimum atomic E-state index is -5.12. The Labute approximate surface area is 283 Å². The van der Waals surface area contributed by atoms with Crippen LogP contribution >= 0.6 is 0 Å². The number of nitrogens with zero attached hydrogens (tertiary/aromatic N) is 8. The molecular weight excluding hydrogens is 697 g/mol. The van der Waals surface area contributed by atoms with Crippen molar-refractivity contribution in [2.24, 2.45) is 20.5 Å². The second kappa shape index (κ2) is 13.8. The summed E-state index contributed by atoms with van der Waals surface area (Å²) in [5.41, 5.74) is -4.07. The number of azo groups is 2. The molecule has 20 heteroatoms. The molecule has 50 heavy (non-hydrogen) atoms. The van der Waals surface area contributed by atoms with Gasteiger partial charge in [-0.15, -0.1) is 10.2 Å². The van der Waals surface area contributed by atoms with Crippen LogP contribution in [0.25, 0.3) is 11.1 Å². The van der Waals surface area contributed by atoms with E-state index in [9.17, 15) is 56.3 Å². The van der Waals surface area contributed by atoms with Gasteiger partial charge in [0, 0.05) is 35.3 Å². The lowest BCUT2D eigenvalue weighted by Crippen LogP contribution is -2.20. The number of rotatable bonds is 9. The first-order chi connectivity index (χ1) is 23.4. The van der Waals surface area contributed by atoms with Crippen LogP contribution < -0.4 is 11.1 Å². The van der Waals surface area contributed by atoms with E-state index < -0.39 is 64.0 Å². The molecule has 0 unspecified atom stereocenters. The van der Waals surface area contributed by atoms with Crippen molar-refractivity contribution in [3.05, 3.63) is 79.4 Å². The van der Waals surface area contributed by atoms with Gasteiger partial charge in [0.1, 0.15) is 33.1 Å². The summed E-state index contributed by atoms with van der Waals surface area (Å²) in [5.74, 6) is -1.14. The normalized spacial score (nSPS) is 12.0. The smallest absolute Gasteiger partial charge is 0.295 e. The van der Waals surface area contributed by atoms with Gasteiger partial charge in [-0.1, -0.05) is 12.1 Å². The first kappa shape index (κ1) is 36.8. The highest BCUT2D eigenvalue weighted by atomic mass is 32.2. The van der Waals surface area contributed by atoms with Crippen LogP contribution in [0.1, 0.15) is 36.1 Å². The molecule has 4 N–H and O–H groups in total. The average molecular weight is 723 g/mol. The fraction of sp³-hybridized carbons (Fsp3) is 0.200. The highest BCUT2D eigenvalue weighted by Crippen LogP contribution is 2.38. The number of hydrogen-bond acceptors (Lipinski definition) is 14. The fourth-order valence-electron chi connectivity index (χ4n) is 4.93. The van der Waals surface area contributed by atoms with Gasteiger partial charge in [-0.3, -0.25) is 27.8 Å². The van der Waals surface area contributed by atoms with Crippen LogP contribution in [-0.4, -0.2) is 45.3 Å². The van der Waals surface area contributed by atoms with Crippen LogP contribution in [0.15, 0.2) is 76.2 Å². The molecule has 0 saturated heterocycles. The predicted octanol–water partition coefficient (Wildman–Crippen LogP) is 4.81. The molecule has 258 valence electrons. The molecule has 0 fully saturated rings. The molecule has 0 aliphatic heterocycles. The Bertz CT molecular complexity index is 2400. The zero-order chi connectivity index (χ0) is 37.3. The summed E-state index contributed by atoms with van der Waals surface area (Å²) >= 11 is 0. The van der Waals surface area contributed by atoms with E-state index in [4.69, 9.17) is 0 Å². The van der Waals surface area contributed by atoms with Crippen LogP contribution in [-0.2, 0) is 33.3 Å². The van der Waals surface area contributed by atoms with Crippen LogP contribution in [0, 0.1) is 36.5 Å². The monoisotopic (exact) mass is 722 g/mol. The van der Waals surface area contributed by atoms with E-state index in [1.54, 1.807) is 12.1 Å². The molecule has 4 aromatic rings. The van der Waals surface area contributed by atoms with Crippen molar-refractivity contribution in [2.45, 2.75) is 50.6 Å². The molecule has 18 nitrogen and oxygen atoms in total. The molecule has 2 heterocycles. The first-order valence-corrected chi connectivity index (χ1v) is 17.1. The number of hydrogen-bond donors (Lipinski definition) is 4. The summed E-state index contributed by atoms with van der Waals surface area (Å²) in [6.45, 7) is 5.73. The number of pyridine rings is 2. The third-order valence-corrected chi connectivity index (χ3v) is 9.26. The minimum absolute atomic E-state index is 0.00721. The van der Waals surface area contributed by atoms with Gasteiger partial charge in [-0.2, -0.15) is 37.6 Å². The van der Waals surface area contributed by atoms with E-state index in [1.165, 1.54) is 27.7 Å². The maximum atomic E-state index is 12.9. The number of aromatic nitrogens is 2. The van der Waals surface area contributed by atoms with Crippen molar-refractivity contribution < 1.29 is 36.2 Å². The molecule has 0 aliphatic carbocycles. The van der Waals surface area contributed by atoms with Crippen molar-refractivity contribution in [1.82, 2.24) is 9.13 Å². The lowest BCUT2D eigenvalue weighted by atomic mass is 10.0. The van der Waals surface area contributed by atoms with E-state index in [1.807, 2.05) is 0 Å². The van der Waals surface area contributed by atoms with Crippen molar-refractivity contribution >= 4 is 43.0 Å². The molecule has 0 aliphatic rings. The van der Waals surface area contributed by atoms with Crippen LogP contribution in [0.2, 0.25) is 0 Å². The molecule has 0 amide bonds. The molecule has 0 spiro atoms. The molecule has 0 bridgehead atoms. The van der Waals surface area contributed by atoms with Gasteiger partial charge in [-0.05, 0) is 52.0 Å². The fourth-order valence-corrected chi connectivity index (χ4v) is 6.39. The first-order valence-electron chi connectivity index (χ1n) is 14.2. The van der Waals surface area contributed by atoms with Crippen molar-refractivity contribution in [3.8, 4) is 35.0 Å². The number of benzene rings is 2. The average Bonchev–Trinajstić information content (AvgIpc) is 3.04. The maximum Gasteiger partial charge on any atom is 0.295 e. The second-order valence-electron chi connectivity index (χ2n) is 10.4. The summed E-state index contributed by atoms with van der Waals surface area (Å²) in [6.07, 6.45) is 0. The van der Waals surface area contributed by atoms with Crippen LogP contribution in [0.4, 0.5) is 22.7 Å². The van der Waals surface area contributed by atoms with E-state index in [0.29, 0.717) is 0 Å². The summed E-state index contributed by atoms with van der Waals surface area (Å²) in [6, 6.07) is 9.59. The molecular formula is C30H26N8O10S2. The Morgan fingerprint density at radius 1 is 0.660 bits per heavy atom. The SMILES string of the molecule is CCn1c(O)c(C#N)c(C)c(N=Nc2ccc(-c3ccc(N=Nc4c(C)c(C#N)c(O)n(CC)c4=O)cc3S(=O)(=O)O)c(S(=O)(=O)O)c2)c1=O. The Morgan fingerprint density at radius 2 is 1.00 bits per heavy atom. The molecule has 2 aromatic carbocycles. The summed E-state index contributed by atoms with van der Waals surface area (Å²) in [5, 5.41) is 54.8. The molecule has 0 atom stereocenters. The summed E-state index contributed by atoms with van der Waals surface area (Å²) in [4.78, 5) is 24.0. The highest BCUT2D eigenvalue weighted by molar-refractivity contribution is 7.86. The Hall–Kier alpha value is -6.06. The van der Waals surface area contributed by atoms with E-state index in [-0.39, 0.29) is 58.1 Å². The molecule has 2 aromatic heterocycles. The third kappa shape index (κ3) is 6.76. The number of nitriles is 2. The third-order valence-electron chi connectivity index (χ3n) is 7.48. The van der Waals surface area contributed by atoms with Gasteiger partial charge in [0.25, 0.3) is 31.4 Å². The van der Waals surface area contributed by atoms with Gasteiger partial charge < -0.3 is 10.2 Å². The Balaban J connectivity index is 1.87. The largest absolute Gasteiger partial charge is 0.493 e.